The maximum absolute atomic E-state index is 5.59. The van der Waals surface area contributed by atoms with Crippen LogP contribution in [0.3, 0.4) is 0 Å². The fourth-order valence-electron chi connectivity index (χ4n) is 1.69. The molecular formula is C13H17N5O2. The standard InChI is InChI=1S/C13H17N5O2/c1-2-19-8-20-7-9-5-3-4-6-10(9)11-16-12(14)18-13(15)17-11/h3-6H,2,7-8H2,1H3,(H4,14,15,16,17,18). The largest absolute Gasteiger partial charge is 0.368 e. The van der Waals surface area contributed by atoms with Gasteiger partial charge in [0.2, 0.25) is 11.9 Å². The van der Waals surface area contributed by atoms with Crippen LogP contribution in [0, 0.1) is 0 Å². The van der Waals surface area contributed by atoms with E-state index in [1.165, 1.54) is 0 Å². The van der Waals surface area contributed by atoms with Gasteiger partial charge in [0, 0.05) is 12.2 Å². The number of nitrogens with zero attached hydrogens (tertiary/aromatic N) is 3. The maximum atomic E-state index is 5.59. The first kappa shape index (κ1) is 14.2. The Labute approximate surface area is 117 Å². The van der Waals surface area contributed by atoms with Crippen LogP contribution in [0.1, 0.15) is 12.5 Å². The number of rotatable bonds is 6. The van der Waals surface area contributed by atoms with E-state index in [-0.39, 0.29) is 18.7 Å². The topological polar surface area (TPSA) is 109 Å². The Morgan fingerprint density at radius 3 is 2.40 bits per heavy atom. The van der Waals surface area contributed by atoms with Crippen LogP contribution in [0.4, 0.5) is 11.9 Å². The summed E-state index contributed by atoms with van der Waals surface area (Å²) in [4.78, 5) is 12.0. The van der Waals surface area contributed by atoms with Gasteiger partial charge in [-0.15, -0.1) is 0 Å². The average molecular weight is 275 g/mol. The first-order valence-electron chi connectivity index (χ1n) is 6.21. The highest BCUT2D eigenvalue weighted by molar-refractivity contribution is 5.61. The number of nitrogens with two attached hydrogens (primary N) is 2. The van der Waals surface area contributed by atoms with E-state index in [0.29, 0.717) is 19.0 Å². The van der Waals surface area contributed by atoms with Crippen molar-refractivity contribution in [1.82, 2.24) is 15.0 Å². The van der Waals surface area contributed by atoms with Crippen molar-refractivity contribution in [3.05, 3.63) is 29.8 Å². The summed E-state index contributed by atoms with van der Waals surface area (Å²) in [5.74, 6) is 0.626. The van der Waals surface area contributed by atoms with Crippen molar-refractivity contribution in [3.8, 4) is 11.4 Å². The minimum atomic E-state index is 0.0949. The van der Waals surface area contributed by atoms with E-state index < -0.39 is 0 Å². The van der Waals surface area contributed by atoms with E-state index in [0.717, 1.165) is 11.1 Å². The minimum Gasteiger partial charge on any atom is -0.368 e. The zero-order valence-electron chi connectivity index (χ0n) is 11.2. The fourth-order valence-corrected chi connectivity index (χ4v) is 1.69. The zero-order valence-corrected chi connectivity index (χ0v) is 11.2. The van der Waals surface area contributed by atoms with Crippen LogP contribution in [-0.4, -0.2) is 28.4 Å². The number of anilines is 2. The summed E-state index contributed by atoms with van der Waals surface area (Å²) < 4.78 is 10.6. The van der Waals surface area contributed by atoms with Crippen LogP contribution in [0.5, 0.6) is 0 Å². The van der Waals surface area contributed by atoms with Crippen LogP contribution < -0.4 is 11.5 Å². The number of hydrogen-bond donors (Lipinski definition) is 2. The molecule has 4 N–H and O–H groups in total. The molecule has 0 fully saturated rings. The lowest BCUT2D eigenvalue weighted by Gasteiger charge is -2.09. The zero-order chi connectivity index (χ0) is 14.4. The van der Waals surface area contributed by atoms with Crippen molar-refractivity contribution in [2.75, 3.05) is 24.9 Å². The molecule has 1 heterocycles. The van der Waals surface area contributed by atoms with Crippen molar-refractivity contribution in [1.29, 1.82) is 0 Å². The van der Waals surface area contributed by atoms with Crippen LogP contribution >= 0.6 is 0 Å². The Hall–Kier alpha value is -2.25. The smallest absolute Gasteiger partial charge is 0.225 e. The summed E-state index contributed by atoms with van der Waals surface area (Å²) in [5, 5.41) is 0. The molecule has 0 unspecified atom stereocenters. The van der Waals surface area contributed by atoms with Gasteiger partial charge in [-0.3, -0.25) is 0 Å². The number of ether oxygens (including phenoxy) is 2. The summed E-state index contributed by atoms with van der Waals surface area (Å²) >= 11 is 0. The Kier molecular flexibility index (Phi) is 4.80. The van der Waals surface area contributed by atoms with Crippen LogP contribution in [0.2, 0.25) is 0 Å². The van der Waals surface area contributed by atoms with Gasteiger partial charge < -0.3 is 20.9 Å². The molecule has 0 amide bonds. The third-order valence-electron chi connectivity index (χ3n) is 2.56. The molecule has 1 aromatic heterocycles. The highest BCUT2D eigenvalue weighted by Crippen LogP contribution is 2.21. The summed E-state index contributed by atoms with van der Waals surface area (Å²) in [6.07, 6.45) is 0. The normalized spacial score (nSPS) is 10.7. The molecule has 0 spiro atoms. The molecule has 0 radical (unpaired) electrons. The van der Waals surface area contributed by atoms with Crippen LogP contribution in [0.25, 0.3) is 11.4 Å². The maximum Gasteiger partial charge on any atom is 0.225 e. The lowest BCUT2D eigenvalue weighted by Crippen LogP contribution is -2.06. The molecule has 2 rings (SSSR count). The molecule has 0 aliphatic heterocycles. The quantitative estimate of drug-likeness (QED) is 0.602. The van der Waals surface area contributed by atoms with Gasteiger partial charge in [0.25, 0.3) is 0 Å². The second-order valence-electron chi connectivity index (χ2n) is 3.99. The second kappa shape index (κ2) is 6.78. The molecule has 0 saturated carbocycles. The molecule has 0 aliphatic rings. The van der Waals surface area contributed by atoms with Gasteiger partial charge >= 0.3 is 0 Å². The van der Waals surface area contributed by atoms with E-state index in [1.807, 2.05) is 31.2 Å². The number of benzene rings is 1. The van der Waals surface area contributed by atoms with Gasteiger partial charge in [0.05, 0.1) is 6.61 Å². The summed E-state index contributed by atoms with van der Waals surface area (Å²) in [6.45, 7) is 3.16. The van der Waals surface area contributed by atoms with E-state index in [2.05, 4.69) is 15.0 Å². The van der Waals surface area contributed by atoms with Crippen molar-refractivity contribution < 1.29 is 9.47 Å². The Balaban J connectivity index is 2.22. The molecule has 106 valence electrons. The SMILES string of the molecule is CCOCOCc1ccccc1-c1nc(N)nc(N)n1. The van der Waals surface area contributed by atoms with Gasteiger partial charge in [0.15, 0.2) is 5.82 Å². The average Bonchev–Trinajstić information content (AvgIpc) is 2.43. The van der Waals surface area contributed by atoms with Crippen molar-refractivity contribution in [2.24, 2.45) is 0 Å². The Morgan fingerprint density at radius 2 is 1.70 bits per heavy atom. The van der Waals surface area contributed by atoms with Crippen molar-refractivity contribution in [2.45, 2.75) is 13.5 Å². The molecule has 7 heteroatoms. The summed E-state index contributed by atoms with van der Waals surface area (Å²) in [7, 11) is 0. The van der Waals surface area contributed by atoms with Crippen LogP contribution in [0.15, 0.2) is 24.3 Å². The van der Waals surface area contributed by atoms with Gasteiger partial charge in [-0.05, 0) is 12.5 Å². The molecule has 0 saturated heterocycles. The lowest BCUT2D eigenvalue weighted by atomic mass is 10.1. The molecule has 20 heavy (non-hydrogen) atoms. The third-order valence-corrected chi connectivity index (χ3v) is 2.56. The van der Waals surface area contributed by atoms with Crippen molar-refractivity contribution >= 4 is 11.9 Å². The van der Waals surface area contributed by atoms with E-state index in [4.69, 9.17) is 20.9 Å². The molecule has 7 nitrogen and oxygen atoms in total. The predicted molar refractivity (Wildman–Crippen MR) is 75.4 cm³/mol. The first-order chi connectivity index (χ1) is 9.70. The number of aromatic nitrogens is 3. The molecule has 2 aromatic rings. The number of nitrogen functional groups attached to an aromatic ring is 2. The lowest BCUT2D eigenvalue weighted by molar-refractivity contribution is -0.0570. The summed E-state index contributed by atoms with van der Waals surface area (Å²) in [6, 6.07) is 7.61. The number of hydrogen-bond acceptors (Lipinski definition) is 7. The van der Waals surface area contributed by atoms with Crippen molar-refractivity contribution in [3.63, 3.8) is 0 Å². The Bertz CT molecular complexity index is 556. The van der Waals surface area contributed by atoms with E-state index in [1.54, 1.807) is 0 Å². The Morgan fingerprint density at radius 1 is 1.00 bits per heavy atom. The van der Waals surface area contributed by atoms with Gasteiger partial charge in [-0.2, -0.15) is 15.0 Å². The van der Waals surface area contributed by atoms with E-state index in [9.17, 15) is 0 Å². The van der Waals surface area contributed by atoms with Gasteiger partial charge in [-0.25, -0.2) is 0 Å². The fraction of sp³-hybridized carbons (Fsp3) is 0.308. The monoisotopic (exact) mass is 275 g/mol. The predicted octanol–water partition coefficient (Wildman–Crippen LogP) is 1.21. The highest BCUT2D eigenvalue weighted by Gasteiger charge is 2.09. The molecule has 0 aliphatic carbocycles. The minimum absolute atomic E-state index is 0.0949. The molecule has 0 atom stereocenters. The van der Waals surface area contributed by atoms with Crippen LogP contribution in [-0.2, 0) is 16.1 Å². The van der Waals surface area contributed by atoms with E-state index >= 15 is 0 Å². The molecule has 1 aromatic carbocycles. The first-order valence-corrected chi connectivity index (χ1v) is 6.21. The second-order valence-corrected chi connectivity index (χ2v) is 3.99. The third kappa shape index (κ3) is 3.62. The van der Waals surface area contributed by atoms with Gasteiger partial charge in [-0.1, -0.05) is 24.3 Å². The molecule has 0 bridgehead atoms. The molecular weight excluding hydrogens is 258 g/mol. The highest BCUT2D eigenvalue weighted by atomic mass is 16.7. The van der Waals surface area contributed by atoms with Gasteiger partial charge in [0.1, 0.15) is 6.79 Å². The summed E-state index contributed by atoms with van der Waals surface area (Å²) in [5.41, 5.74) is 12.9.